The number of nitrogens with two attached hydrogens (primary N) is 1. The topological polar surface area (TPSA) is 59.6 Å². The molecule has 1 aliphatic heterocycles. The van der Waals surface area contributed by atoms with E-state index in [0.717, 1.165) is 12.3 Å². The van der Waals surface area contributed by atoms with Crippen molar-refractivity contribution in [2.45, 2.75) is 44.8 Å². The summed E-state index contributed by atoms with van der Waals surface area (Å²) in [5.74, 6) is 1.49. The summed E-state index contributed by atoms with van der Waals surface area (Å²) in [5, 5.41) is 0. The fourth-order valence-electron chi connectivity index (χ4n) is 1.71. The molecule has 1 aliphatic carbocycles. The molecule has 2 atom stereocenters. The molecule has 0 saturated heterocycles. The number of hydrogen-bond donors (Lipinski definition) is 2. The molecule has 1 fully saturated rings. The van der Waals surface area contributed by atoms with E-state index in [2.05, 4.69) is 10.5 Å². The molecule has 2 rings (SSSR count). The van der Waals surface area contributed by atoms with Crippen molar-refractivity contribution in [2.24, 2.45) is 16.6 Å². The van der Waals surface area contributed by atoms with Crippen molar-refractivity contribution in [2.75, 3.05) is 0 Å². The Kier molecular flexibility index (Phi) is 2.04. The lowest BCUT2D eigenvalue weighted by atomic mass is 9.93. The lowest BCUT2D eigenvalue weighted by molar-refractivity contribution is 0.135. The van der Waals surface area contributed by atoms with Crippen LogP contribution in [0.25, 0.3) is 0 Å². The lowest BCUT2D eigenvalue weighted by Gasteiger charge is -2.28. The van der Waals surface area contributed by atoms with E-state index >= 15 is 0 Å². The third kappa shape index (κ3) is 2.00. The first-order chi connectivity index (χ1) is 6.08. The van der Waals surface area contributed by atoms with Crippen LogP contribution in [0.4, 0.5) is 0 Å². The van der Waals surface area contributed by atoms with E-state index in [1.54, 1.807) is 0 Å². The average molecular weight is 183 g/mol. The monoisotopic (exact) mass is 183 g/mol. The van der Waals surface area contributed by atoms with Gasteiger partial charge in [0.25, 0.3) is 0 Å². The van der Waals surface area contributed by atoms with Crippen LogP contribution in [0.2, 0.25) is 0 Å². The molecular weight excluding hydrogens is 166 g/mol. The highest BCUT2D eigenvalue weighted by atomic mass is 16.7. The summed E-state index contributed by atoms with van der Waals surface area (Å²) >= 11 is 0. The molecule has 1 heterocycles. The average Bonchev–Trinajstić information content (AvgIpc) is 2.70. The maximum absolute atomic E-state index is 6.18. The zero-order valence-corrected chi connectivity index (χ0v) is 8.21. The first kappa shape index (κ1) is 8.97. The molecule has 4 heteroatoms. The first-order valence-electron chi connectivity index (χ1n) is 4.83. The predicted molar refractivity (Wildman–Crippen MR) is 51.1 cm³/mol. The summed E-state index contributed by atoms with van der Waals surface area (Å²) in [6, 6.07) is 0. The summed E-state index contributed by atoms with van der Waals surface area (Å²) in [4.78, 5) is 9.37. The zero-order valence-electron chi connectivity index (χ0n) is 8.21. The third-order valence-corrected chi connectivity index (χ3v) is 2.68. The van der Waals surface area contributed by atoms with Crippen LogP contribution in [0, 0.1) is 5.92 Å². The Morgan fingerprint density at radius 1 is 1.69 bits per heavy atom. The van der Waals surface area contributed by atoms with E-state index in [0.29, 0.717) is 5.90 Å². The van der Waals surface area contributed by atoms with Crippen molar-refractivity contribution in [1.29, 1.82) is 0 Å². The van der Waals surface area contributed by atoms with Crippen LogP contribution in [0.1, 0.15) is 33.1 Å². The minimum Gasteiger partial charge on any atom is -0.392 e. The Hall–Kier alpha value is -0.610. The summed E-state index contributed by atoms with van der Waals surface area (Å²) in [6.45, 7) is 3.87. The number of nitrogens with one attached hydrogen (secondary N) is 1. The van der Waals surface area contributed by atoms with Crippen molar-refractivity contribution in [1.82, 2.24) is 5.48 Å². The molecule has 2 aliphatic rings. The van der Waals surface area contributed by atoms with Gasteiger partial charge in [0.15, 0.2) is 6.17 Å². The van der Waals surface area contributed by atoms with Crippen molar-refractivity contribution >= 4 is 5.90 Å². The lowest BCUT2D eigenvalue weighted by Crippen LogP contribution is -2.52. The summed E-state index contributed by atoms with van der Waals surface area (Å²) in [7, 11) is 0. The van der Waals surface area contributed by atoms with E-state index < -0.39 is 0 Å². The maximum Gasteiger partial charge on any atom is 0.207 e. The van der Waals surface area contributed by atoms with E-state index in [9.17, 15) is 0 Å². The molecule has 3 N–H and O–H groups in total. The van der Waals surface area contributed by atoms with Crippen LogP contribution >= 0.6 is 0 Å². The molecule has 4 nitrogen and oxygen atoms in total. The molecule has 0 aromatic heterocycles. The van der Waals surface area contributed by atoms with Crippen molar-refractivity contribution in [3.8, 4) is 0 Å². The Labute approximate surface area is 78.5 Å². The zero-order chi connectivity index (χ0) is 9.47. The largest absolute Gasteiger partial charge is 0.392 e. The van der Waals surface area contributed by atoms with Crippen LogP contribution < -0.4 is 11.2 Å². The second-order valence-corrected chi connectivity index (χ2v) is 4.42. The highest BCUT2D eigenvalue weighted by Crippen LogP contribution is 2.37. The van der Waals surface area contributed by atoms with Gasteiger partial charge in [-0.25, -0.2) is 4.99 Å². The standard InChI is InChI=1S/C9H17N3O/c1-6-11-8(12-13-6)9(2,10)5-7-3-4-7/h7-8,12H,3-5,10H2,1-2H3/t8?,9-/m0/s1. The number of aliphatic imine (C=N–C) groups is 1. The molecule has 0 radical (unpaired) electrons. The Balaban J connectivity index is 1.96. The van der Waals surface area contributed by atoms with Gasteiger partial charge in [0.05, 0.1) is 5.54 Å². The number of nitrogens with zero attached hydrogens (tertiary/aromatic N) is 1. The molecule has 0 aromatic rings. The van der Waals surface area contributed by atoms with Gasteiger partial charge >= 0.3 is 0 Å². The quantitative estimate of drug-likeness (QED) is 0.680. The van der Waals surface area contributed by atoms with E-state index in [4.69, 9.17) is 10.6 Å². The third-order valence-electron chi connectivity index (χ3n) is 2.68. The molecule has 0 spiro atoms. The van der Waals surface area contributed by atoms with Crippen LogP contribution in [-0.2, 0) is 4.84 Å². The van der Waals surface area contributed by atoms with Crippen LogP contribution in [0.5, 0.6) is 0 Å². The van der Waals surface area contributed by atoms with E-state index in [1.807, 2.05) is 13.8 Å². The molecule has 0 amide bonds. The molecule has 74 valence electrons. The predicted octanol–water partition coefficient (Wildman–Crippen LogP) is 0.783. The second kappa shape index (κ2) is 2.96. The minimum atomic E-state index is -0.279. The SMILES string of the molecule is CC1=NC([C@@](C)(N)CC2CC2)NO1. The smallest absolute Gasteiger partial charge is 0.207 e. The van der Waals surface area contributed by atoms with Crippen LogP contribution in [-0.4, -0.2) is 17.6 Å². The van der Waals surface area contributed by atoms with Gasteiger partial charge in [-0.15, -0.1) is 5.48 Å². The highest BCUT2D eigenvalue weighted by molar-refractivity contribution is 5.74. The Morgan fingerprint density at radius 2 is 2.38 bits per heavy atom. The van der Waals surface area contributed by atoms with Gasteiger partial charge < -0.3 is 10.6 Å². The summed E-state index contributed by atoms with van der Waals surface area (Å²) in [6.07, 6.45) is 3.60. The fraction of sp³-hybridized carbons (Fsp3) is 0.889. The fourth-order valence-corrected chi connectivity index (χ4v) is 1.71. The first-order valence-corrected chi connectivity index (χ1v) is 4.83. The Morgan fingerprint density at radius 3 is 2.85 bits per heavy atom. The van der Waals surface area contributed by atoms with E-state index in [-0.39, 0.29) is 11.7 Å². The Bertz CT molecular complexity index is 233. The van der Waals surface area contributed by atoms with Gasteiger partial charge in [0.2, 0.25) is 5.90 Å². The maximum atomic E-state index is 6.18. The van der Waals surface area contributed by atoms with Crippen LogP contribution in [0.15, 0.2) is 4.99 Å². The minimum absolute atomic E-state index is 0.0758. The number of hydrogen-bond acceptors (Lipinski definition) is 4. The van der Waals surface area contributed by atoms with E-state index in [1.165, 1.54) is 12.8 Å². The summed E-state index contributed by atoms with van der Waals surface area (Å²) in [5.41, 5.74) is 8.75. The highest BCUT2D eigenvalue weighted by Gasteiger charge is 2.38. The molecule has 13 heavy (non-hydrogen) atoms. The number of hydroxylamine groups is 1. The van der Waals surface area contributed by atoms with Crippen molar-refractivity contribution in [3.05, 3.63) is 0 Å². The van der Waals surface area contributed by atoms with Crippen molar-refractivity contribution in [3.63, 3.8) is 0 Å². The molecule has 0 bridgehead atoms. The molecule has 1 unspecified atom stereocenters. The van der Waals surface area contributed by atoms with Crippen molar-refractivity contribution < 1.29 is 4.84 Å². The van der Waals surface area contributed by atoms with Crippen LogP contribution in [0.3, 0.4) is 0 Å². The van der Waals surface area contributed by atoms with Gasteiger partial charge in [0.1, 0.15) is 0 Å². The normalized spacial score (nSPS) is 32.2. The molecule has 0 aromatic carbocycles. The van der Waals surface area contributed by atoms with Gasteiger partial charge in [0, 0.05) is 6.92 Å². The number of rotatable bonds is 3. The summed E-state index contributed by atoms with van der Waals surface area (Å²) < 4.78 is 0. The molecular formula is C9H17N3O. The van der Waals surface area contributed by atoms with Gasteiger partial charge in [-0.2, -0.15) is 0 Å². The second-order valence-electron chi connectivity index (χ2n) is 4.42. The molecule has 1 saturated carbocycles. The van der Waals surface area contributed by atoms with Gasteiger partial charge in [-0.1, -0.05) is 12.8 Å². The van der Waals surface area contributed by atoms with Gasteiger partial charge in [-0.05, 0) is 19.3 Å². The van der Waals surface area contributed by atoms with Gasteiger partial charge in [-0.3, -0.25) is 0 Å².